The predicted octanol–water partition coefficient (Wildman–Crippen LogP) is 3.58. The molecule has 2 aliphatic rings. The van der Waals surface area contributed by atoms with Crippen LogP contribution in [0, 0.1) is 5.82 Å². The largest absolute Gasteiger partial charge is 0.493 e. The molecule has 0 aliphatic carbocycles. The fraction of sp³-hybridized carbons (Fsp3) is 0.429. The third-order valence-corrected chi connectivity index (χ3v) is 8.52. The number of rotatable bonds is 10. The first-order valence-electron chi connectivity index (χ1n) is 13.5. The van der Waals surface area contributed by atoms with Crippen molar-refractivity contribution in [2.24, 2.45) is 5.10 Å². The summed E-state index contributed by atoms with van der Waals surface area (Å²) in [5.74, 6) is 0.657. The molecule has 13 heteroatoms. The van der Waals surface area contributed by atoms with Crippen molar-refractivity contribution in [3.63, 3.8) is 0 Å². The van der Waals surface area contributed by atoms with Crippen LogP contribution in [-0.4, -0.2) is 100 Å². The topological polar surface area (TPSA) is 109 Å². The number of hydrogen-bond acceptors (Lipinski definition) is 10. The van der Waals surface area contributed by atoms with Crippen molar-refractivity contribution in [1.82, 2.24) is 19.8 Å². The highest BCUT2D eigenvalue weighted by Crippen LogP contribution is 2.38. The van der Waals surface area contributed by atoms with Gasteiger partial charge in [0.1, 0.15) is 5.75 Å². The van der Waals surface area contributed by atoms with Crippen LogP contribution in [0.1, 0.15) is 12.8 Å². The first-order chi connectivity index (χ1) is 19.7. The van der Waals surface area contributed by atoms with Crippen LogP contribution in [0.5, 0.6) is 23.0 Å². The molecule has 3 aromatic rings. The lowest BCUT2D eigenvalue weighted by Crippen LogP contribution is -2.44. The fourth-order valence-corrected chi connectivity index (χ4v) is 5.91. The molecular weight excluding hydrogens is 551 g/mol. The molecule has 0 atom stereocenters. The van der Waals surface area contributed by atoms with Crippen LogP contribution in [0.3, 0.4) is 0 Å². The summed E-state index contributed by atoms with van der Waals surface area (Å²) in [5, 5.41) is 6.17. The van der Waals surface area contributed by atoms with Crippen molar-refractivity contribution in [2.75, 3.05) is 71.8 Å². The van der Waals surface area contributed by atoms with E-state index < -0.39 is 15.8 Å². The van der Waals surface area contributed by atoms with Gasteiger partial charge in [-0.2, -0.15) is 13.5 Å². The molecule has 1 saturated heterocycles. The molecule has 41 heavy (non-hydrogen) atoms. The second kappa shape index (κ2) is 12.5. The van der Waals surface area contributed by atoms with Crippen LogP contribution < -0.4 is 18.9 Å². The molecule has 220 valence electrons. The summed E-state index contributed by atoms with van der Waals surface area (Å²) >= 11 is 0. The van der Waals surface area contributed by atoms with Crippen molar-refractivity contribution in [2.45, 2.75) is 12.8 Å². The Kier molecular flexibility index (Phi) is 8.76. The third-order valence-electron chi connectivity index (χ3n) is 7.10. The first kappa shape index (κ1) is 28.8. The maximum Gasteiger partial charge on any atom is 0.277 e. The SMILES string of the molecule is COc1cc2c(Oc3ccc(NS(=O)(=O)C4=NN(C)CC4)cc3F)ccnc2cc1OCCCN1CCN(C)CC1. The molecule has 2 aliphatic heterocycles. The monoisotopic (exact) mass is 586 g/mol. The number of ether oxygens (including phenoxy) is 3. The smallest absolute Gasteiger partial charge is 0.277 e. The Morgan fingerprint density at radius 3 is 2.49 bits per heavy atom. The van der Waals surface area contributed by atoms with Gasteiger partial charge in [0, 0.05) is 76.5 Å². The van der Waals surface area contributed by atoms with Gasteiger partial charge in [-0.25, -0.2) is 4.39 Å². The predicted molar refractivity (Wildman–Crippen MR) is 156 cm³/mol. The lowest BCUT2D eigenvalue weighted by atomic mass is 10.1. The zero-order valence-corrected chi connectivity index (χ0v) is 24.3. The van der Waals surface area contributed by atoms with Crippen LogP contribution in [0.25, 0.3) is 10.9 Å². The Balaban J connectivity index is 1.26. The minimum absolute atomic E-state index is 0.0105. The molecule has 2 aromatic carbocycles. The fourth-order valence-electron chi connectivity index (χ4n) is 4.75. The van der Waals surface area contributed by atoms with Crippen molar-refractivity contribution < 1.29 is 27.0 Å². The van der Waals surface area contributed by atoms with Gasteiger partial charge in [0.25, 0.3) is 10.0 Å². The summed E-state index contributed by atoms with van der Waals surface area (Å²) in [7, 11) is 1.51. The number of aromatic nitrogens is 1. The number of halogens is 1. The van der Waals surface area contributed by atoms with Gasteiger partial charge in [0.05, 0.1) is 24.9 Å². The summed E-state index contributed by atoms with van der Waals surface area (Å²) in [5.41, 5.74) is 0.673. The Bertz CT molecular complexity index is 1530. The van der Waals surface area contributed by atoms with Gasteiger partial charge >= 0.3 is 0 Å². The van der Waals surface area contributed by atoms with Crippen LogP contribution in [0.15, 0.2) is 47.7 Å². The van der Waals surface area contributed by atoms with E-state index in [0.29, 0.717) is 41.3 Å². The zero-order valence-electron chi connectivity index (χ0n) is 23.5. The van der Waals surface area contributed by atoms with Gasteiger partial charge in [0.2, 0.25) is 0 Å². The van der Waals surface area contributed by atoms with Crippen LogP contribution in [-0.2, 0) is 10.0 Å². The number of pyridine rings is 1. The number of fused-ring (bicyclic) bond motifs is 1. The number of hydrazone groups is 1. The summed E-state index contributed by atoms with van der Waals surface area (Å²) in [4.78, 5) is 9.21. The van der Waals surface area contributed by atoms with Gasteiger partial charge in [-0.1, -0.05) is 0 Å². The average Bonchev–Trinajstić information content (AvgIpc) is 3.40. The maximum absolute atomic E-state index is 15.0. The van der Waals surface area contributed by atoms with E-state index in [1.54, 1.807) is 43.6 Å². The lowest BCUT2D eigenvalue weighted by molar-refractivity contribution is 0.145. The molecular formula is C28H35FN6O5S. The molecule has 0 spiro atoms. The highest BCUT2D eigenvalue weighted by atomic mass is 32.2. The van der Waals surface area contributed by atoms with Crippen molar-refractivity contribution in [3.8, 4) is 23.0 Å². The Hall–Kier alpha value is -3.68. The van der Waals surface area contributed by atoms with E-state index in [1.807, 2.05) is 0 Å². The minimum Gasteiger partial charge on any atom is -0.493 e. The Labute approximate surface area is 239 Å². The number of piperazine rings is 1. The molecule has 11 nitrogen and oxygen atoms in total. The molecule has 0 unspecified atom stereocenters. The quantitative estimate of drug-likeness (QED) is 0.357. The van der Waals surface area contributed by atoms with Gasteiger partial charge in [-0.3, -0.25) is 14.7 Å². The zero-order chi connectivity index (χ0) is 29.0. The van der Waals surface area contributed by atoms with Crippen molar-refractivity contribution in [3.05, 3.63) is 48.4 Å². The summed E-state index contributed by atoms with van der Waals surface area (Å²) < 4.78 is 60.1. The van der Waals surface area contributed by atoms with E-state index in [-0.39, 0.29) is 22.9 Å². The van der Waals surface area contributed by atoms with E-state index in [2.05, 4.69) is 31.7 Å². The number of likely N-dealkylation sites (N-methyl/N-ethyl adjacent to an activating group) is 1. The molecule has 1 aromatic heterocycles. The molecule has 0 saturated carbocycles. The second-order valence-electron chi connectivity index (χ2n) is 10.2. The van der Waals surface area contributed by atoms with E-state index in [1.165, 1.54) is 12.1 Å². The molecule has 0 amide bonds. The molecule has 0 radical (unpaired) electrons. The molecule has 1 N–H and O–H groups in total. The molecule has 1 fully saturated rings. The number of hydrogen-bond donors (Lipinski definition) is 1. The number of sulfonamides is 1. The van der Waals surface area contributed by atoms with Crippen molar-refractivity contribution in [1.29, 1.82) is 0 Å². The number of methoxy groups -OCH3 is 1. The molecule has 5 rings (SSSR count). The van der Waals surface area contributed by atoms with E-state index in [0.717, 1.165) is 45.2 Å². The molecule has 3 heterocycles. The number of nitrogens with one attached hydrogen (secondary N) is 1. The maximum atomic E-state index is 15.0. The third kappa shape index (κ3) is 6.97. The summed E-state index contributed by atoms with van der Waals surface area (Å²) in [6.07, 6.45) is 2.75. The highest BCUT2D eigenvalue weighted by Gasteiger charge is 2.25. The second-order valence-corrected chi connectivity index (χ2v) is 11.8. The Morgan fingerprint density at radius 1 is 0.976 bits per heavy atom. The number of nitrogens with zero attached hydrogens (tertiary/aromatic N) is 5. The van der Waals surface area contributed by atoms with Crippen LogP contribution in [0.2, 0.25) is 0 Å². The normalized spacial score (nSPS) is 16.6. The van der Waals surface area contributed by atoms with Gasteiger partial charge < -0.3 is 24.0 Å². The van der Waals surface area contributed by atoms with Gasteiger partial charge in [-0.05, 0) is 37.7 Å². The highest BCUT2D eigenvalue weighted by molar-refractivity contribution is 8.07. The van der Waals surface area contributed by atoms with Crippen molar-refractivity contribution >= 4 is 31.7 Å². The van der Waals surface area contributed by atoms with E-state index in [4.69, 9.17) is 14.2 Å². The van der Waals surface area contributed by atoms with Gasteiger partial charge in [-0.15, -0.1) is 0 Å². The first-order valence-corrected chi connectivity index (χ1v) is 15.0. The van der Waals surface area contributed by atoms with E-state index >= 15 is 4.39 Å². The lowest BCUT2D eigenvalue weighted by Gasteiger charge is -2.32. The number of anilines is 1. The summed E-state index contributed by atoms with van der Waals surface area (Å²) in [6.45, 7) is 6.30. The Morgan fingerprint density at radius 2 is 1.78 bits per heavy atom. The van der Waals surface area contributed by atoms with Gasteiger partial charge in [0.15, 0.2) is 28.1 Å². The average molecular weight is 587 g/mol. The summed E-state index contributed by atoms with van der Waals surface area (Å²) in [6, 6.07) is 9.05. The van der Waals surface area contributed by atoms with Crippen LogP contribution >= 0.6 is 0 Å². The standard InChI is InChI=1S/C28H35FN6O5S/c1-33-12-14-35(15-13-33)10-4-16-39-27-19-23-21(18-26(27)38-3)24(7-9-30-23)40-25-6-5-20(17-22(25)29)32-41(36,37)28-8-11-34(2)31-28/h5-7,9,17-19,32H,4,8,10-16H2,1-3H3. The molecule has 0 bridgehead atoms. The minimum atomic E-state index is -3.88. The number of benzene rings is 2. The van der Waals surface area contributed by atoms with Crippen LogP contribution in [0.4, 0.5) is 10.1 Å². The van der Waals surface area contributed by atoms with E-state index in [9.17, 15) is 8.42 Å².